The number of anilines is 1. The van der Waals surface area contributed by atoms with Gasteiger partial charge < -0.3 is 36.0 Å². The third-order valence-corrected chi connectivity index (χ3v) is 10.5. The molecular formula is C22H16Cl2N7NaO7S4. The number of nitrogens with one attached hydrogen (secondary N) is 1. The molecule has 0 saturated carbocycles. The summed E-state index contributed by atoms with van der Waals surface area (Å²) in [4.78, 5) is 48.9. The largest absolute Gasteiger partial charge is 1.00 e. The summed E-state index contributed by atoms with van der Waals surface area (Å²) in [5, 5.41) is 42.3. The van der Waals surface area contributed by atoms with E-state index in [1.165, 1.54) is 46.5 Å². The van der Waals surface area contributed by atoms with Crippen LogP contribution in [0.5, 0.6) is 11.5 Å². The zero-order valence-corrected chi connectivity index (χ0v) is 28.4. The number of benzene rings is 1. The molecule has 2 aliphatic heterocycles. The first-order valence-electron chi connectivity index (χ1n) is 11.5. The maximum Gasteiger partial charge on any atom is 1.00 e. The van der Waals surface area contributed by atoms with E-state index in [0.29, 0.717) is 17.1 Å². The summed E-state index contributed by atoms with van der Waals surface area (Å²) in [5.41, 5.74) is 5.88. The Kier molecular flexibility index (Phi) is 11.1. The monoisotopic (exact) mass is 711 g/mol. The number of carboxylic acids is 1. The van der Waals surface area contributed by atoms with Gasteiger partial charge >= 0.3 is 29.6 Å². The molecule has 43 heavy (non-hydrogen) atoms. The van der Waals surface area contributed by atoms with Gasteiger partial charge in [0.2, 0.25) is 0 Å². The molecule has 0 radical (unpaired) electrons. The Balaban J connectivity index is 0.00000423. The normalized spacial score (nSPS) is 18.0. The molecule has 14 nitrogen and oxygen atoms in total. The molecule has 220 valence electrons. The summed E-state index contributed by atoms with van der Waals surface area (Å²) in [5.74, 6) is -3.65. The summed E-state index contributed by atoms with van der Waals surface area (Å²) < 4.78 is 4.56. The number of nitrogens with zero attached hydrogens (tertiary/aromatic N) is 5. The number of nitrogen functional groups attached to an aromatic ring is 1. The first-order valence-corrected chi connectivity index (χ1v) is 15.9. The fraction of sp³-hybridized carbons (Fsp3) is 0.227. The topological polar surface area (TPSA) is 216 Å². The van der Waals surface area contributed by atoms with E-state index in [4.69, 9.17) is 33.8 Å². The van der Waals surface area contributed by atoms with Crippen LogP contribution in [0, 0.1) is 0 Å². The van der Waals surface area contributed by atoms with Crippen molar-refractivity contribution in [3.05, 3.63) is 50.2 Å². The maximum absolute atomic E-state index is 13.3. The van der Waals surface area contributed by atoms with Crippen LogP contribution in [0.2, 0.25) is 10.0 Å². The number of carbonyl (C=O) groups excluding carboxylic acids is 3. The van der Waals surface area contributed by atoms with Crippen LogP contribution in [0.3, 0.4) is 0 Å². The number of amides is 2. The average molecular weight is 713 g/mol. The predicted molar refractivity (Wildman–Crippen MR) is 155 cm³/mol. The van der Waals surface area contributed by atoms with Crippen LogP contribution in [0.25, 0.3) is 0 Å². The molecular weight excluding hydrogens is 696 g/mol. The number of aromatic nitrogens is 3. The third kappa shape index (κ3) is 7.02. The number of fused-ring (bicyclic) bond motifs is 1. The van der Waals surface area contributed by atoms with Crippen molar-refractivity contribution in [2.45, 2.75) is 22.2 Å². The van der Waals surface area contributed by atoms with Crippen LogP contribution < -0.4 is 45.7 Å². The summed E-state index contributed by atoms with van der Waals surface area (Å²) in [7, 11) is 0. The second kappa shape index (κ2) is 14.2. The van der Waals surface area contributed by atoms with E-state index in [1.54, 1.807) is 6.20 Å². The number of carboxylic acid groups (broad SMARTS) is 1. The molecule has 1 fully saturated rings. The molecule has 4 heterocycles. The van der Waals surface area contributed by atoms with Crippen molar-refractivity contribution in [3.8, 4) is 11.5 Å². The standard InChI is InChI=1S/C22H17Cl2N7O7S4.Na/c23-9-1-7(12(24)17(33)16(9)32)3-38-29-13(10-6-41-22(25)27-10)18(34)28-14-19(35)31-15(21(36)37)8(5-40-20(14)31)4-39-11-2-26-30-42-11;/h1-2,6,14,20,32-33H,3-5H2,(H2,25,27)(H,28,34)(H,36,37);/q;+1/p-1/b29-13-;/t14?,20-;/m1./s1. The van der Waals surface area contributed by atoms with Crippen LogP contribution in [0.1, 0.15) is 11.3 Å². The van der Waals surface area contributed by atoms with Crippen molar-refractivity contribution in [1.82, 2.24) is 24.8 Å². The second-order valence-electron chi connectivity index (χ2n) is 8.44. The van der Waals surface area contributed by atoms with Crippen molar-refractivity contribution < 1.29 is 64.1 Å². The SMILES string of the molecule is Nc1nc(/C(=N/OCc2cc(Cl)c(O)c(O)c2Cl)C(=O)NC2C(=O)N3C(C(=O)[O-])=C(CSc4cnns4)CS[C@H]23)cs1.[Na+]. The van der Waals surface area contributed by atoms with E-state index in [1.807, 2.05) is 0 Å². The summed E-state index contributed by atoms with van der Waals surface area (Å²) in [6.07, 6.45) is 1.56. The van der Waals surface area contributed by atoms with Gasteiger partial charge in [0, 0.05) is 22.4 Å². The minimum atomic E-state index is -1.50. The van der Waals surface area contributed by atoms with E-state index < -0.39 is 40.7 Å². The Morgan fingerprint density at radius 2 is 2.09 bits per heavy atom. The maximum atomic E-state index is 13.3. The summed E-state index contributed by atoms with van der Waals surface area (Å²) in [6.45, 7) is -0.366. The molecule has 2 aromatic heterocycles. The predicted octanol–water partition coefficient (Wildman–Crippen LogP) is -1.58. The fourth-order valence-corrected chi connectivity index (χ4v) is 7.77. The number of thiazole rings is 1. The van der Waals surface area contributed by atoms with Crippen LogP contribution >= 0.6 is 69.6 Å². The number of carbonyl (C=O) groups is 3. The van der Waals surface area contributed by atoms with Gasteiger partial charge in [-0.25, -0.2) is 4.98 Å². The number of hydrogen-bond donors (Lipinski definition) is 4. The van der Waals surface area contributed by atoms with Gasteiger partial charge in [-0.05, 0) is 23.2 Å². The van der Waals surface area contributed by atoms with E-state index in [2.05, 4.69) is 25.0 Å². The van der Waals surface area contributed by atoms with E-state index in [-0.39, 0.29) is 74.0 Å². The smallest absolute Gasteiger partial charge is 0.543 e. The fourth-order valence-electron chi connectivity index (χ4n) is 3.90. The molecule has 0 aliphatic carbocycles. The molecule has 21 heteroatoms. The molecule has 1 unspecified atom stereocenters. The Morgan fingerprint density at radius 3 is 2.74 bits per heavy atom. The molecule has 5 rings (SSSR count). The van der Waals surface area contributed by atoms with Crippen LogP contribution in [-0.4, -0.2) is 76.1 Å². The minimum absolute atomic E-state index is 0. The van der Waals surface area contributed by atoms with Crippen molar-refractivity contribution in [2.24, 2.45) is 5.16 Å². The van der Waals surface area contributed by atoms with Gasteiger partial charge in [0.1, 0.15) is 27.9 Å². The molecule has 0 bridgehead atoms. The average Bonchev–Trinajstić information content (AvgIpc) is 3.65. The molecule has 5 N–H and O–H groups in total. The number of β-lactam (4-membered cyclic amide) rings is 1. The van der Waals surface area contributed by atoms with E-state index >= 15 is 0 Å². The number of thioether (sulfide) groups is 2. The van der Waals surface area contributed by atoms with Crippen LogP contribution in [0.15, 0.2) is 38.3 Å². The molecule has 2 aliphatic rings. The Hall–Kier alpha value is -2.29. The summed E-state index contributed by atoms with van der Waals surface area (Å²) in [6, 6.07) is 0.181. The van der Waals surface area contributed by atoms with Gasteiger partial charge in [-0.2, -0.15) is 0 Å². The minimum Gasteiger partial charge on any atom is -0.543 e. The van der Waals surface area contributed by atoms with Gasteiger partial charge in [-0.3, -0.25) is 14.5 Å². The number of oxime groups is 1. The van der Waals surface area contributed by atoms with Crippen molar-refractivity contribution >= 4 is 98.2 Å². The quantitative estimate of drug-likeness (QED) is 0.0467. The molecule has 1 aromatic carbocycles. The number of hydrogen-bond acceptors (Lipinski definition) is 16. The van der Waals surface area contributed by atoms with Gasteiger partial charge in [0.25, 0.3) is 11.8 Å². The first-order chi connectivity index (χ1) is 20.1. The third-order valence-electron chi connectivity index (χ3n) is 5.85. The number of aliphatic carboxylic acids is 1. The molecule has 1 saturated heterocycles. The number of phenolic OH excluding ortho intramolecular Hbond substituents is 2. The van der Waals surface area contributed by atoms with Crippen LogP contribution in [0.4, 0.5) is 5.13 Å². The number of nitrogens with two attached hydrogens (primary N) is 1. The summed E-state index contributed by atoms with van der Waals surface area (Å²) >= 11 is 16.7. The molecule has 2 amide bonds. The van der Waals surface area contributed by atoms with Gasteiger partial charge in [0.05, 0.1) is 27.9 Å². The Labute approximate surface area is 291 Å². The van der Waals surface area contributed by atoms with Crippen molar-refractivity contribution in [1.29, 1.82) is 0 Å². The second-order valence-corrected chi connectivity index (χ2v) is 13.3. The van der Waals surface area contributed by atoms with Gasteiger partial charge in [-0.15, -0.1) is 40.0 Å². The van der Waals surface area contributed by atoms with Gasteiger partial charge in [-0.1, -0.05) is 32.8 Å². The number of rotatable bonds is 10. The van der Waals surface area contributed by atoms with E-state index in [0.717, 1.165) is 20.4 Å². The van der Waals surface area contributed by atoms with Gasteiger partial charge in [0.15, 0.2) is 22.3 Å². The van der Waals surface area contributed by atoms with Crippen molar-refractivity contribution in [3.63, 3.8) is 0 Å². The molecule has 2 atom stereocenters. The number of aromatic hydroxyl groups is 2. The Bertz CT molecular complexity index is 1640. The molecule has 0 spiro atoms. The van der Waals surface area contributed by atoms with Crippen molar-refractivity contribution in [2.75, 3.05) is 17.2 Å². The number of phenols is 2. The number of halogens is 2. The van der Waals surface area contributed by atoms with E-state index in [9.17, 15) is 29.7 Å². The van der Waals surface area contributed by atoms with Crippen LogP contribution in [-0.2, 0) is 25.8 Å². The first kappa shape index (κ1) is 33.6. The Morgan fingerprint density at radius 1 is 1.33 bits per heavy atom. The molecule has 3 aromatic rings. The zero-order chi connectivity index (χ0) is 30.1. The zero-order valence-electron chi connectivity index (χ0n) is 21.6.